The lowest BCUT2D eigenvalue weighted by atomic mass is 10.1. The van der Waals surface area contributed by atoms with Crippen molar-refractivity contribution in [2.75, 3.05) is 19.7 Å². The molecule has 1 saturated carbocycles. The van der Waals surface area contributed by atoms with Crippen LogP contribution >= 0.6 is 0 Å². The van der Waals surface area contributed by atoms with Crippen LogP contribution in [0.1, 0.15) is 29.4 Å². The number of ether oxygens (including phenoxy) is 1. The first-order valence-electron chi connectivity index (χ1n) is 10.2. The molecular weight excluding hydrogens is 364 g/mol. The van der Waals surface area contributed by atoms with Gasteiger partial charge in [0.1, 0.15) is 5.69 Å². The summed E-state index contributed by atoms with van der Waals surface area (Å²) in [7, 11) is 0. The van der Waals surface area contributed by atoms with Crippen molar-refractivity contribution in [3.05, 3.63) is 71.9 Å². The maximum Gasteiger partial charge on any atom is 0.309 e. The van der Waals surface area contributed by atoms with E-state index >= 15 is 0 Å². The van der Waals surface area contributed by atoms with E-state index in [4.69, 9.17) is 4.74 Å². The topological polar surface area (TPSA) is 62.4 Å². The summed E-state index contributed by atoms with van der Waals surface area (Å²) in [5, 5.41) is 1.02. The summed E-state index contributed by atoms with van der Waals surface area (Å²) in [5.41, 5.74) is 2.74. The lowest BCUT2D eigenvalue weighted by Gasteiger charge is -2.22. The molecule has 0 saturated heterocycles. The van der Waals surface area contributed by atoms with Gasteiger partial charge < -0.3 is 14.6 Å². The Bertz CT molecular complexity index is 963. The zero-order valence-electron chi connectivity index (χ0n) is 16.6. The van der Waals surface area contributed by atoms with E-state index < -0.39 is 0 Å². The molecule has 1 aliphatic carbocycles. The van der Waals surface area contributed by atoms with Crippen molar-refractivity contribution < 1.29 is 14.3 Å². The number of hydrogen-bond acceptors (Lipinski definition) is 3. The Morgan fingerprint density at radius 1 is 1.10 bits per heavy atom. The molecule has 4 rings (SSSR count). The molecule has 5 nitrogen and oxygen atoms in total. The van der Waals surface area contributed by atoms with Crippen LogP contribution in [0.2, 0.25) is 0 Å². The van der Waals surface area contributed by atoms with E-state index in [0.717, 1.165) is 23.7 Å². The third-order valence-corrected chi connectivity index (χ3v) is 5.53. The zero-order chi connectivity index (χ0) is 20.2. The van der Waals surface area contributed by atoms with Gasteiger partial charge in [-0.2, -0.15) is 0 Å². The van der Waals surface area contributed by atoms with Crippen LogP contribution in [0.4, 0.5) is 0 Å². The number of rotatable bonds is 8. The fourth-order valence-corrected chi connectivity index (χ4v) is 3.81. The number of benzene rings is 2. The van der Waals surface area contributed by atoms with Crippen LogP contribution < -0.4 is 0 Å². The molecule has 0 spiro atoms. The van der Waals surface area contributed by atoms with Crippen LogP contribution in [0, 0.1) is 11.8 Å². The van der Waals surface area contributed by atoms with Crippen molar-refractivity contribution in [2.24, 2.45) is 11.8 Å². The molecule has 1 fully saturated rings. The quantitative estimate of drug-likeness (QED) is 0.590. The van der Waals surface area contributed by atoms with Gasteiger partial charge in [0.25, 0.3) is 5.91 Å². The minimum absolute atomic E-state index is 0.0216. The van der Waals surface area contributed by atoms with E-state index in [9.17, 15) is 9.59 Å². The average molecular weight is 390 g/mol. The molecule has 1 heterocycles. The van der Waals surface area contributed by atoms with Crippen molar-refractivity contribution in [3.8, 4) is 0 Å². The predicted molar refractivity (Wildman–Crippen MR) is 113 cm³/mol. The summed E-state index contributed by atoms with van der Waals surface area (Å²) in [6, 6.07) is 19.9. The van der Waals surface area contributed by atoms with E-state index in [1.165, 1.54) is 5.56 Å². The number of carbonyl (C=O) groups excluding carboxylic acids is 2. The Morgan fingerprint density at radius 3 is 2.62 bits per heavy atom. The Hall–Kier alpha value is -3.08. The first-order chi connectivity index (χ1) is 14.2. The lowest BCUT2D eigenvalue weighted by Crippen LogP contribution is -2.35. The van der Waals surface area contributed by atoms with E-state index in [-0.39, 0.29) is 23.7 Å². The van der Waals surface area contributed by atoms with Crippen LogP contribution in [0.3, 0.4) is 0 Å². The minimum Gasteiger partial charge on any atom is -0.466 e. The van der Waals surface area contributed by atoms with E-state index in [0.29, 0.717) is 25.4 Å². The normalized spacial score (nSPS) is 17.8. The van der Waals surface area contributed by atoms with Crippen molar-refractivity contribution in [3.63, 3.8) is 0 Å². The SMILES string of the molecule is CCOC(=O)[C@@H]1C[C@@H]1CN(CCc1ccccc1)C(=O)c1cc2ccccc2[nH]1. The number of carbonyl (C=O) groups is 2. The molecule has 0 aliphatic heterocycles. The van der Waals surface area contributed by atoms with Gasteiger partial charge in [0.05, 0.1) is 12.5 Å². The van der Waals surface area contributed by atoms with E-state index in [1.54, 1.807) is 0 Å². The number of amides is 1. The maximum atomic E-state index is 13.3. The number of para-hydroxylation sites is 1. The molecule has 29 heavy (non-hydrogen) atoms. The molecule has 5 heteroatoms. The molecule has 3 aromatic rings. The molecule has 150 valence electrons. The number of nitrogens with zero attached hydrogens (tertiary/aromatic N) is 1. The summed E-state index contributed by atoms with van der Waals surface area (Å²) in [6.07, 6.45) is 1.57. The average Bonchev–Trinajstić information content (AvgIpc) is 3.38. The molecule has 0 radical (unpaired) electrons. The Morgan fingerprint density at radius 2 is 1.86 bits per heavy atom. The fraction of sp³-hybridized carbons (Fsp3) is 0.333. The van der Waals surface area contributed by atoms with Crippen LogP contribution in [0.25, 0.3) is 10.9 Å². The zero-order valence-corrected chi connectivity index (χ0v) is 16.6. The second-order valence-corrected chi connectivity index (χ2v) is 7.61. The van der Waals surface area contributed by atoms with E-state index in [1.807, 2.05) is 60.4 Å². The van der Waals surface area contributed by atoms with Crippen LogP contribution in [0.15, 0.2) is 60.7 Å². The molecule has 0 unspecified atom stereocenters. The highest BCUT2D eigenvalue weighted by atomic mass is 16.5. The number of hydrogen-bond donors (Lipinski definition) is 1. The third kappa shape index (κ3) is 4.50. The maximum absolute atomic E-state index is 13.3. The molecule has 2 atom stereocenters. The van der Waals surface area contributed by atoms with Crippen molar-refractivity contribution in [2.45, 2.75) is 19.8 Å². The molecule has 0 bridgehead atoms. The number of aromatic nitrogens is 1. The molecule has 1 aliphatic rings. The molecular formula is C24H26N2O3. The van der Waals surface area contributed by atoms with Gasteiger partial charge in [-0.05, 0) is 43.4 Å². The number of H-pyrrole nitrogens is 1. The molecule has 1 amide bonds. The van der Waals surface area contributed by atoms with Crippen LogP contribution in [-0.2, 0) is 16.0 Å². The van der Waals surface area contributed by atoms with E-state index in [2.05, 4.69) is 17.1 Å². The number of fused-ring (bicyclic) bond motifs is 1. The smallest absolute Gasteiger partial charge is 0.309 e. The highest BCUT2D eigenvalue weighted by molar-refractivity contribution is 5.98. The van der Waals surface area contributed by atoms with Crippen molar-refractivity contribution in [1.29, 1.82) is 0 Å². The largest absolute Gasteiger partial charge is 0.466 e. The van der Waals surface area contributed by atoms with Crippen LogP contribution in [0.5, 0.6) is 0 Å². The first kappa shape index (κ1) is 19.2. The Labute approximate surface area is 170 Å². The van der Waals surface area contributed by atoms with Gasteiger partial charge in [-0.25, -0.2) is 0 Å². The monoisotopic (exact) mass is 390 g/mol. The standard InChI is InChI=1S/C24H26N2O3/c1-2-29-24(28)20-14-19(20)16-26(13-12-17-8-4-3-5-9-17)23(27)22-15-18-10-6-7-11-21(18)25-22/h3-11,15,19-20,25H,2,12-14,16H2,1H3/t19-,20-/m1/s1. The molecule has 1 N–H and O–H groups in total. The highest BCUT2D eigenvalue weighted by Crippen LogP contribution is 2.40. The number of esters is 1. The van der Waals surface area contributed by atoms with Gasteiger partial charge in [0, 0.05) is 24.0 Å². The summed E-state index contributed by atoms with van der Waals surface area (Å²) < 4.78 is 5.14. The van der Waals surface area contributed by atoms with Crippen molar-refractivity contribution in [1.82, 2.24) is 9.88 Å². The number of nitrogens with one attached hydrogen (secondary N) is 1. The number of aromatic amines is 1. The second kappa shape index (κ2) is 8.52. The van der Waals surface area contributed by atoms with Gasteiger partial charge in [-0.1, -0.05) is 48.5 Å². The highest BCUT2D eigenvalue weighted by Gasteiger charge is 2.45. The molecule has 1 aromatic heterocycles. The first-order valence-corrected chi connectivity index (χ1v) is 10.2. The van der Waals surface area contributed by atoms with Gasteiger partial charge in [-0.15, -0.1) is 0 Å². The second-order valence-electron chi connectivity index (χ2n) is 7.61. The molecule has 2 aromatic carbocycles. The summed E-state index contributed by atoms with van der Waals surface area (Å²) >= 11 is 0. The predicted octanol–water partition coefficient (Wildman–Crippen LogP) is 4.05. The Kier molecular flexibility index (Phi) is 5.65. The van der Waals surface area contributed by atoms with Gasteiger partial charge in [0.15, 0.2) is 0 Å². The van der Waals surface area contributed by atoms with Crippen molar-refractivity contribution >= 4 is 22.8 Å². The van der Waals surface area contributed by atoms with Gasteiger partial charge in [-0.3, -0.25) is 9.59 Å². The van der Waals surface area contributed by atoms with Gasteiger partial charge in [0.2, 0.25) is 0 Å². The summed E-state index contributed by atoms with van der Waals surface area (Å²) in [5.74, 6) is -0.0620. The van der Waals surface area contributed by atoms with Gasteiger partial charge >= 0.3 is 5.97 Å². The third-order valence-electron chi connectivity index (χ3n) is 5.53. The fourth-order valence-electron chi connectivity index (χ4n) is 3.81. The summed E-state index contributed by atoms with van der Waals surface area (Å²) in [6.45, 7) is 3.41. The lowest BCUT2D eigenvalue weighted by molar-refractivity contribution is -0.145. The minimum atomic E-state index is -0.140. The van der Waals surface area contributed by atoms with Crippen LogP contribution in [-0.4, -0.2) is 41.5 Å². The summed E-state index contributed by atoms with van der Waals surface area (Å²) in [4.78, 5) is 30.4. The Balaban J connectivity index is 1.49.